The van der Waals surface area contributed by atoms with Crippen LogP contribution in [0.15, 0.2) is 36.5 Å². The van der Waals surface area contributed by atoms with E-state index in [1.807, 2.05) is 18.0 Å². The Hall–Kier alpha value is -3.01. The molecule has 1 saturated carbocycles. The van der Waals surface area contributed by atoms with E-state index < -0.39 is 0 Å². The van der Waals surface area contributed by atoms with Crippen molar-refractivity contribution < 1.29 is 14.6 Å². The van der Waals surface area contributed by atoms with E-state index in [2.05, 4.69) is 50.0 Å². The highest BCUT2D eigenvalue weighted by Gasteiger charge is 2.26. The number of rotatable bonds is 8. The summed E-state index contributed by atoms with van der Waals surface area (Å²) in [5.41, 5.74) is 5.71. The summed E-state index contributed by atoms with van der Waals surface area (Å²) >= 11 is 0. The van der Waals surface area contributed by atoms with Crippen LogP contribution in [0.3, 0.4) is 0 Å². The molecule has 1 aromatic carbocycles. The fourth-order valence-electron chi connectivity index (χ4n) is 5.76. The molecule has 3 aromatic rings. The molecule has 2 aliphatic rings. The molecular formula is C29H40N6O3. The molecular weight excluding hydrogens is 480 g/mol. The van der Waals surface area contributed by atoms with Crippen LogP contribution in [0.5, 0.6) is 0 Å². The summed E-state index contributed by atoms with van der Waals surface area (Å²) in [6.45, 7) is 8.56. The van der Waals surface area contributed by atoms with Gasteiger partial charge in [-0.1, -0.05) is 24.3 Å². The zero-order chi connectivity index (χ0) is 26.6. The van der Waals surface area contributed by atoms with Crippen molar-refractivity contribution in [3.8, 4) is 11.1 Å². The van der Waals surface area contributed by atoms with Gasteiger partial charge in [0.2, 0.25) is 11.9 Å². The molecule has 5 rings (SSSR count). The second-order valence-electron chi connectivity index (χ2n) is 10.8. The lowest BCUT2D eigenvalue weighted by molar-refractivity contribution is -0.130. The molecule has 0 spiro atoms. The minimum Gasteiger partial charge on any atom is -0.393 e. The lowest BCUT2D eigenvalue weighted by Crippen LogP contribution is -2.47. The molecule has 0 unspecified atom stereocenters. The first-order chi connectivity index (χ1) is 18.4. The topological polar surface area (TPSA) is 95.2 Å². The third-order valence-corrected chi connectivity index (χ3v) is 7.94. The van der Waals surface area contributed by atoms with Crippen molar-refractivity contribution in [3.63, 3.8) is 0 Å². The number of fused-ring (bicyclic) bond motifs is 1. The van der Waals surface area contributed by atoms with Crippen LogP contribution >= 0.6 is 0 Å². The van der Waals surface area contributed by atoms with Crippen molar-refractivity contribution in [2.75, 3.05) is 45.2 Å². The number of aromatic nitrogens is 3. The second-order valence-corrected chi connectivity index (χ2v) is 10.8. The number of piperazine rings is 1. The van der Waals surface area contributed by atoms with Gasteiger partial charge in [-0.05, 0) is 49.8 Å². The predicted molar refractivity (Wildman–Crippen MR) is 148 cm³/mol. The van der Waals surface area contributed by atoms with Crippen molar-refractivity contribution in [1.82, 2.24) is 24.4 Å². The zero-order valence-corrected chi connectivity index (χ0v) is 22.8. The normalized spacial score (nSPS) is 21.5. The number of amides is 1. The number of benzene rings is 1. The summed E-state index contributed by atoms with van der Waals surface area (Å²) in [4.78, 5) is 20.6. The first-order valence-corrected chi connectivity index (χ1v) is 13.8. The van der Waals surface area contributed by atoms with E-state index in [-0.39, 0.29) is 18.1 Å². The minimum absolute atomic E-state index is 0.0961. The molecule has 38 heavy (non-hydrogen) atoms. The fraction of sp³-hybridized carbons (Fsp3) is 0.552. The lowest BCUT2D eigenvalue weighted by Gasteiger charge is -2.34. The Labute approximate surface area is 224 Å². The van der Waals surface area contributed by atoms with E-state index in [0.717, 1.165) is 75.1 Å². The standard InChI is InChI=1S/C29H40N6O3/c1-20(19-38-3)31-29-30-17-28-26(16-27(35(28)32-29)24-8-10-25(37)11-9-24)23-6-4-22(5-7-23)18-33-12-14-34(15-13-33)21(2)36/h4-7,16-17,20,24-25,37H,8-15,18-19H2,1-3H3,(H,31,32)/t20-,24-,25-/m0/s1. The van der Waals surface area contributed by atoms with Crippen LogP contribution in [0.25, 0.3) is 16.6 Å². The second kappa shape index (κ2) is 11.8. The smallest absolute Gasteiger partial charge is 0.241 e. The molecule has 1 saturated heterocycles. The Kier molecular flexibility index (Phi) is 8.26. The zero-order valence-electron chi connectivity index (χ0n) is 22.8. The van der Waals surface area contributed by atoms with Gasteiger partial charge in [-0.25, -0.2) is 9.50 Å². The number of nitrogens with one attached hydrogen (secondary N) is 1. The molecule has 2 fully saturated rings. The van der Waals surface area contributed by atoms with Gasteiger partial charge in [-0.2, -0.15) is 0 Å². The molecule has 204 valence electrons. The Balaban J connectivity index is 1.38. The number of hydrogen-bond donors (Lipinski definition) is 2. The first-order valence-electron chi connectivity index (χ1n) is 13.8. The number of nitrogens with zero attached hydrogens (tertiary/aromatic N) is 5. The number of aliphatic hydroxyl groups is 1. The van der Waals surface area contributed by atoms with Gasteiger partial charge >= 0.3 is 0 Å². The maximum atomic E-state index is 11.6. The molecule has 1 aliphatic heterocycles. The van der Waals surface area contributed by atoms with E-state index in [4.69, 9.17) is 9.84 Å². The van der Waals surface area contributed by atoms with Crippen molar-refractivity contribution >= 4 is 17.4 Å². The maximum absolute atomic E-state index is 11.6. The summed E-state index contributed by atoms with van der Waals surface area (Å²) < 4.78 is 7.31. The highest BCUT2D eigenvalue weighted by atomic mass is 16.5. The number of carbonyl (C=O) groups excluding carboxylic acids is 1. The molecule has 1 aliphatic carbocycles. The average Bonchev–Trinajstić information content (AvgIpc) is 3.29. The summed E-state index contributed by atoms with van der Waals surface area (Å²) in [6.07, 6.45) is 5.27. The first kappa shape index (κ1) is 26.6. The molecule has 0 bridgehead atoms. The Morgan fingerprint density at radius 2 is 1.84 bits per heavy atom. The summed E-state index contributed by atoms with van der Waals surface area (Å²) in [5.74, 6) is 1.10. The highest BCUT2D eigenvalue weighted by molar-refractivity contribution is 5.81. The van der Waals surface area contributed by atoms with Crippen molar-refractivity contribution in [2.45, 2.75) is 64.1 Å². The van der Waals surface area contributed by atoms with Crippen LogP contribution in [-0.2, 0) is 16.1 Å². The van der Waals surface area contributed by atoms with Gasteiger partial charge in [-0.15, -0.1) is 5.10 Å². The predicted octanol–water partition coefficient (Wildman–Crippen LogP) is 3.53. The number of aliphatic hydroxyl groups excluding tert-OH is 1. The minimum atomic E-state index is -0.198. The molecule has 1 amide bonds. The average molecular weight is 521 g/mol. The van der Waals surface area contributed by atoms with Crippen LogP contribution in [0.1, 0.15) is 56.7 Å². The van der Waals surface area contributed by atoms with Crippen LogP contribution < -0.4 is 5.32 Å². The third kappa shape index (κ3) is 6.00. The Morgan fingerprint density at radius 3 is 2.50 bits per heavy atom. The largest absolute Gasteiger partial charge is 0.393 e. The maximum Gasteiger partial charge on any atom is 0.241 e. The van der Waals surface area contributed by atoms with Gasteiger partial charge in [-0.3, -0.25) is 9.69 Å². The van der Waals surface area contributed by atoms with E-state index >= 15 is 0 Å². The van der Waals surface area contributed by atoms with Gasteiger partial charge in [0.15, 0.2) is 0 Å². The summed E-state index contributed by atoms with van der Waals surface area (Å²) in [6, 6.07) is 11.2. The number of carbonyl (C=O) groups is 1. The van der Waals surface area contributed by atoms with E-state index in [1.54, 1.807) is 14.0 Å². The van der Waals surface area contributed by atoms with Gasteiger partial charge in [0.1, 0.15) is 0 Å². The fourth-order valence-corrected chi connectivity index (χ4v) is 5.76. The quantitative estimate of drug-likeness (QED) is 0.469. The molecule has 3 heterocycles. The lowest BCUT2D eigenvalue weighted by atomic mass is 9.85. The van der Waals surface area contributed by atoms with Crippen LogP contribution in [0.2, 0.25) is 0 Å². The summed E-state index contributed by atoms with van der Waals surface area (Å²) in [7, 11) is 1.69. The molecule has 2 aromatic heterocycles. The van der Waals surface area contributed by atoms with Crippen LogP contribution in [0, 0.1) is 0 Å². The number of ether oxygens (including phenoxy) is 1. The van der Waals surface area contributed by atoms with Crippen LogP contribution in [-0.4, -0.2) is 87.5 Å². The van der Waals surface area contributed by atoms with E-state index in [0.29, 0.717) is 18.5 Å². The van der Waals surface area contributed by atoms with Crippen molar-refractivity contribution in [2.24, 2.45) is 0 Å². The summed E-state index contributed by atoms with van der Waals surface area (Å²) in [5, 5.41) is 18.3. The molecule has 2 N–H and O–H groups in total. The monoisotopic (exact) mass is 520 g/mol. The number of hydrogen-bond acceptors (Lipinski definition) is 7. The SMILES string of the molecule is COC[C@H](C)Nc1ncc2c(-c3ccc(CN4CCN(C(C)=O)CC4)cc3)cc([C@H]3CC[C@H](O)CC3)n2n1. The highest BCUT2D eigenvalue weighted by Crippen LogP contribution is 2.37. The van der Waals surface area contributed by atoms with Crippen molar-refractivity contribution in [1.29, 1.82) is 0 Å². The van der Waals surface area contributed by atoms with Gasteiger partial charge in [0.25, 0.3) is 0 Å². The molecule has 0 radical (unpaired) electrons. The van der Waals surface area contributed by atoms with Gasteiger partial charge in [0.05, 0.1) is 24.4 Å². The van der Waals surface area contributed by atoms with Gasteiger partial charge in [0, 0.05) is 70.0 Å². The van der Waals surface area contributed by atoms with Crippen molar-refractivity contribution in [3.05, 3.63) is 47.8 Å². The Bertz CT molecular complexity index is 1230. The van der Waals surface area contributed by atoms with Crippen LogP contribution in [0.4, 0.5) is 5.95 Å². The molecule has 1 atom stereocenters. The molecule has 9 heteroatoms. The van der Waals surface area contributed by atoms with Gasteiger partial charge < -0.3 is 20.1 Å². The van der Waals surface area contributed by atoms with E-state index in [9.17, 15) is 9.90 Å². The molecule has 9 nitrogen and oxygen atoms in total. The number of methoxy groups -OCH3 is 1. The number of anilines is 1. The Morgan fingerprint density at radius 1 is 1.13 bits per heavy atom. The third-order valence-electron chi connectivity index (χ3n) is 7.94. The van der Waals surface area contributed by atoms with E-state index in [1.165, 1.54) is 11.3 Å².